The zero-order chi connectivity index (χ0) is 18.7. The molecule has 8 nitrogen and oxygen atoms in total. The van der Waals surface area contributed by atoms with Crippen LogP contribution in [-0.4, -0.2) is 38.5 Å². The van der Waals surface area contributed by atoms with E-state index in [0.717, 1.165) is 0 Å². The largest absolute Gasteiger partial charge is 0.478 e. The Morgan fingerprint density at radius 3 is 2.40 bits per heavy atom. The lowest BCUT2D eigenvalue weighted by molar-refractivity contribution is -0.385. The third-order valence-corrected chi connectivity index (χ3v) is 4.10. The molecular formula is C17H18N2O6. The molecule has 0 amide bonds. The Balaban J connectivity index is 2.76. The summed E-state index contributed by atoms with van der Waals surface area (Å²) in [5.74, 6) is -3.83. The van der Waals surface area contributed by atoms with Gasteiger partial charge in [0.05, 0.1) is 22.0 Å². The van der Waals surface area contributed by atoms with E-state index in [0.29, 0.717) is 18.7 Å². The van der Waals surface area contributed by atoms with Gasteiger partial charge in [0.1, 0.15) is 0 Å². The number of carbonyl (C=O) groups is 2. The predicted molar refractivity (Wildman–Crippen MR) is 88.9 cm³/mol. The summed E-state index contributed by atoms with van der Waals surface area (Å²) < 4.78 is 0. The van der Waals surface area contributed by atoms with Gasteiger partial charge in [-0.05, 0) is 13.3 Å². The second-order valence-corrected chi connectivity index (χ2v) is 5.64. The van der Waals surface area contributed by atoms with E-state index in [-0.39, 0.29) is 22.4 Å². The minimum absolute atomic E-state index is 0.0500. The monoisotopic (exact) mass is 346 g/mol. The van der Waals surface area contributed by atoms with Gasteiger partial charge in [0.15, 0.2) is 0 Å². The summed E-state index contributed by atoms with van der Waals surface area (Å²) in [7, 11) is 0. The normalized spacial score (nSPS) is 17.3. The van der Waals surface area contributed by atoms with E-state index in [1.54, 1.807) is 11.8 Å². The van der Waals surface area contributed by atoms with Crippen molar-refractivity contribution in [3.05, 3.63) is 63.0 Å². The Bertz CT molecular complexity index is 796. The molecule has 1 aromatic rings. The van der Waals surface area contributed by atoms with Crippen molar-refractivity contribution in [1.82, 2.24) is 4.90 Å². The van der Waals surface area contributed by atoms with Crippen LogP contribution in [0.5, 0.6) is 0 Å². The third-order valence-electron chi connectivity index (χ3n) is 4.10. The molecule has 0 radical (unpaired) electrons. The molecule has 0 saturated carbocycles. The fraction of sp³-hybridized carbons (Fsp3) is 0.294. The lowest BCUT2D eigenvalue weighted by atomic mass is 9.81. The number of aliphatic carboxylic acids is 2. The van der Waals surface area contributed by atoms with E-state index < -0.39 is 22.8 Å². The van der Waals surface area contributed by atoms with E-state index in [1.165, 1.54) is 30.5 Å². The first-order valence-corrected chi connectivity index (χ1v) is 7.68. The molecule has 0 aromatic heterocycles. The molecule has 1 aliphatic rings. The number of rotatable bonds is 6. The molecule has 25 heavy (non-hydrogen) atoms. The molecule has 1 aromatic carbocycles. The van der Waals surface area contributed by atoms with E-state index in [4.69, 9.17) is 0 Å². The highest BCUT2D eigenvalue weighted by Crippen LogP contribution is 2.42. The number of para-hydroxylation sites is 1. The number of allylic oxidation sites excluding steroid dienone is 1. The zero-order valence-corrected chi connectivity index (χ0v) is 13.8. The Morgan fingerprint density at radius 1 is 1.24 bits per heavy atom. The Kier molecular flexibility index (Phi) is 5.21. The first-order chi connectivity index (χ1) is 11.8. The van der Waals surface area contributed by atoms with Crippen LogP contribution in [0, 0.1) is 10.1 Å². The van der Waals surface area contributed by atoms with Crippen LogP contribution in [0.3, 0.4) is 0 Å². The Morgan fingerprint density at radius 2 is 1.88 bits per heavy atom. The van der Waals surface area contributed by atoms with E-state index in [2.05, 4.69) is 0 Å². The van der Waals surface area contributed by atoms with Crippen molar-refractivity contribution in [1.29, 1.82) is 0 Å². The van der Waals surface area contributed by atoms with Crippen LogP contribution >= 0.6 is 0 Å². The molecule has 0 spiro atoms. The van der Waals surface area contributed by atoms with Gasteiger partial charge < -0.3 is 15.1 Å². The number of nitrogens with zero attached hydrogens (tertiary/aromatic N) is 2. The van der Waals surface area contributed by atoms with Gasteiger partial charge in [0, 0.05) is 30.1 Å². The summed E-state index contributed by atoms with van der Waals surface area (Å²) in [6.07, 6.45) is 2.05. The highest BCUT2D eigenvalue weighted by atomic mass is 16.6. The zero-order valence-electron chi connectivity index (χ0n) is 13.8. The summed E-state index contributed by atoms with van der Waals surface area (Å²) in [6, 6.07) is 5.61. The molecule has 2 N–H and O–H groups in total. The minimum atomic E-state index is -1.31. The van der Waals surface area contributed by atoms with Crippen molar-refractivity contribution in [3.63, 3.8) is 0 Å². The summed E-state index contributed by atoms with van der Waals surface area (Å²) >= 11 is 0. The molecule has 2 rings (SSSR count). The van der Waals surface area contributed by atoms with Gasteiger partial charge in [-0.1, -0.05) is 25.1 Å². The number of nitro groups is 1. The van der Waals surface area contributed by atoms with E-state index in [9.17, 15) is 29.9 Å². The number of hydrogen-bond acceptors (Lipinski definition) is 5. The van der Waals surface area contributed by atoms with Crippen molar-refractivity contribution >= 4 is 17.6 Å². The first kappa shape index (κ1) is 18.2. The number of nitro benzene ring substituents is 1. The maximum atomic E-state index is 11.9. The average molecular weight is 346 g/mol. The van der Waals surface area contributed by atoms with E-state index >= 15 is 0 Å². The molecule has 1 unspecified atom stereocenters. The second kappa shape index (κ2) is 7.16. The molecular weight excluding hydrogens is 328 g/mol. The molecule has 0 saturated heterocycles. The van der Waals surface area contributed by atoms with Gasteiger partial charge in [0.25, 0.3) is 5.69 Å². The lowest BCUT2D eigenvalue weighted by Crippen LogP contribution is -2.31. The number of benzene rings is 1. The smallest absolute Gasteiger partial charge is 0.334 e. The Labute approximate surface area is 143 Å². The van der Waals surface area contributed by atoms with Crippen molar-refractivity contribution in [3.8, 4) is 0 Å². The number of carboxylic acid groups (broad SMARTS) is 2. The number of hydrogen-bond donors (Lipinski definition) is 2. The van der Waals surface area contributed by atoms with Crippen molar-refractivity contribution in [2.45, 2.75) is 26.2 Å². The molecule has 0 aliphatic carbocycles. The SMILES string of the molecule is CCCN1C=C(C(=O)O)C(c2ccccc2[N+](=O)[O-])C(C(=O)O)=C1C. The first-order valence-electron chi connectivity index (χ1n) is 7.68. The highest BCUT2D eigenvalue weighted by molar-refractivity contribution is 5.98. The van der Waals surface area contributed by atoms with Gasteiger partial charge in [-0.2, -0.15) is 0 Å². The summed E-state index contributed by atoms with van der Waals surface area (Å²) in [5, 5.41) is 30.6. The molecule has 8 heteroatoms. The van der Waals surface area contributed by atoms with Crippen molar-refractivity contribution < 1.29 is 24.7 Å². The van der Waals surface area contributed by atoms with Gasteiger partial charge in [-0.25, -0.2) is 9.59 Å². The summed E-state index contributed by atoms with van der Waals surface area (Å²) in [6.45, 7) is 3.91. The van der Waals surface area contributed by atoms with Gasteiger partial charge in [0.2, 0.25) is 0 Å². The van der Waals surface area contributed by atoms with Crippen LogP contribution in [0.1, 0.15) is 31.7 Å². The molecule has 0 bridgehead atoms. The summed E-state index contributed by atoms with van der Waals surface area (Å²) in [5.41, 5.74) is -0.250. The fourth-order valence-electron chi connectivity index (χ4n) is 3.01. The van der Waals surface area contributed by atoms with Crippen molar-refractivity contribution in [2.24, 2.45) is 0 Å². The number of carboxylic acids is 2. The maximum absolute atomic E-state index is 11.9. The van der Waals surface area contributed by atoms with Crippen LogP contribution in [-0.2, 0) is 9.59 Å². The molecule has 1 aliphatic heterocycles. The van der Waals surface area contributed by atoms with Crippen LogP contribution < -0.4 is 0 Å². The van der Waals surface area contributed by atoms with E-state index in [1.807, 2.05) is 6.92 Å². The summed E-state index contributed by atoms with van der Waals surface area (Å²) in [4.78, 5) is 35.9. The standard InChI is InChI=1S/C17H18N2O6/c1-3-8-18-9-12(16(20)21)15(14(10(18)2)17(22)23)11-6-4-5-7-13(11)19(24)25/h4-7,9,15H,3,8H2,1-2H3,(H,20,21)(H,22,23). The van der Waals surface area contributed by atoms with Crippen LogP contribution in [0.4, 0.5) is 5.69 Å². The van der Waals surface area contributed by atoms with Crippen LogP contribution in [0.25, 0.3) is 0 Å². The maximum Gasteiger partial charge on any atom is 0.334 e. The van der Waals surface area contributed by atoms with Gasteiger partial charge in [-0.15, -0.1) is 0 Å². The topological polar surface area (TPSA) is 121 Å². The lowest BCUT2D eigenvalue weighted by Gasteiger charge is -2.32. The highest BCUT2D eigenvalue weighted by Gasteiger charge is 2.39. The van der Waals surface area contributed by atoms with Gasteiger partial charge >= 0.3 is 11.9 Å². The van der Waals surface area contributed by atoms with Crippen molar-refractivity contribution in [2.75, 3.05) is 6.54 Å². The molecule has 1 heterocycles. The predicted octanol–water partition coefficient (Wildman–Crippen LogP) is 2.73. The third kappa shape index (κ3) is 3.37. The molecule has 132 valence electrons. The quantitative estimate of drug-likeness (QED) is 0.600. The molecule has 0 fully saturated rings. The minimum Gasteiger partial charge on any atom is -0.478 e. The second-order valence-electron chi connectivity index (χ2n) is 5.64. The Hall–Kier alpha value is -3.16. The van der Waals surface area contributed by atoms with Crippen LogP contribution in [0.15, 0.2) is 47.3 Å². The van der Waals surface area contributed by atoms with Crippen LogP contribution in [0.2, 0.25) is 0 Å². The van der Waals surface area contributed by atoms with Gasteiger partial charge in [-0.3, -0.25) is 10.1 Å². The fourth-order valence-corrected chi connectivity index (χ4v) is 3.01. The molecule has 1 atom stereocenters. The average Bonchev–Trinajstić information content (AvgIpc) is 2.55.